The van der Waals surface area contributed by atoms with Crippen LogP contribution in [0.5, 0.6) is 0 Å². The van der Waals surface area contributed by atoms with Gasteiger partial charge < -0.3 is 10.4 Å². The van der Waals surface area contributed by atoms with E-state index >= 15 is 0 Å². The molecule has 2 rings (SSSR count). The molecule has 0 aliphatic heterocycles. The van der Waals surface area contributed by atoms with Gasteiger partial charge >= 0.3 is 5.97 Å². The molecule has 0 fully saturated rings. The van der Waals surface area contributed by atoms with Crippen molar-refractivity contribution in [3.63, 3.8) is 0 Å². The Bertz CT molecular complexity index is 672. The molecule has 0 radical (unpaired) electrons. The summed E-state index contributed by atoms with van der Waals surface area (Å²) in [6, 6.07) is 6.42. The van der Waals surface area contributed by atoms with Crippen molar-refractivity contribution in [3.8, 4) is 10.6 Å². The predicted molar refractivity (Wildman–Crippen MR) is 81.5 cm³/mol. The first-order valence-electron chi connectivity index (χ1n) is 6.19. The van der Waals surface area contributed by atoms with E-state index in [0.717, 1.165) is 10.6 Å². The van der Waals surface area contributed by atoms with Gasteiger partial charge in [0.2, 0.25) is 5.91 Å². The molecule has 0 bridgehead atoms. The van der Waals surface area contributed by atoms with Crippen LogP contribution in [0.1, 0.15) is 12.6 Å². The molecule has 0 unspecified atom stereocenters. The van der Waals surface area contributed by atoms with Crippen molar-refractivity contribution in [2.24, 2.45) is 0 Å². The number of benzene rings is 1. The van der Waals surface area contributed by atoms with Gasteiger partial charge in [-0.05, 0) is 13.0 Å². The van der Waals surface area contributed by atoms with Crippen LogP contribution in [0.15, 0.2) is 29.6 Å². The number of hydrogen-bond acceptors (Lipinski definition) is 4. The Morgan fingerprint density at radius 2 is 2.14 bits per heavy atom. The summed E-state index contributed by atoms with van der Waals surface area (Å²) < 4.78 is 0. The van der Waals surface area contributed by atoms with Crippen LogP contribution in [0.4, 0.5) is 0 Å². The summed E-state index contributed by atoms with van der Waals surface area (Å²) in [5.74, 6) is -1.45. The topological polar surface area (TPSA) is 79.3 Å². The molecule has 0 saturated carbocycles. The van der Waals surface area contributed by atoms with E-state index in [-0.39, 0.29) is 12.3 Å². The fourth-order valence-electron chi connectivity index (χ4n) is 1.67. The number of halogens is 1. The van der Waals surface area contributed by atoms with Crippen LogP contribution >= 0.6 is 22.9 Å². The van der Waals surface area contributed by atoms with Crippen molar-refractivity contribution >= 4 is 34.8 Å². The number of carboxylic acid groups (broad SMARTS) is 1. The number of aliphatic carboxylic acids is 1. The fraction of sp³-hybridized carbons (Fsp3) is 0.214. The van der Waals surface area contributed by atoms with Crippen molar-refractivity contribution in [3.05, 3.63) is 40.4 Å². The van der Waals surface area contributed by atoms with E-state index in [0.29, 0.717) is 10.7 Å². The Hall–Kier alpha value is -1.92. The SMILES string of the molecule is C[C@@H](NC(=O)Cc1csc(-c2ccccc2Cl)n1)C(=O)O. The van der Waals surface area contributed by atoms with Crippen LogP contribution in [0.25, 0.3) is 10.6 Å². The molecular weight excluding hydrogens is 312 g/mol. The standard InChI is InChI=1S/C14H13ClN2O3S/c1-8(14(19)20)16-12(18)6-9-7-21-13(17-9)10-4-2-3-5-11(10)15/h2-5,7-8H,6H2,1H3,(H,16,18)(H,19,20)/t8-/m1/s1. The lowest BCUT2D eigenvalue weighted by molar-refractivity contribution is -0.141. The molecule has 2 aromatic rings. The van der Waals surface area contributed by atoms with E-state index in [2.05, 4.69) is 10.3 Å². The van der Waals surface area contributed by atoms with Crippen molar-refractivity contribution in [2.75, 3.05) is 0 Å². The quantitative estimate of drug-likeness (QED) is 0.886. The molecule has 0 aliphatic carbocycles. The number of rotatable bonds is 5. The van der Waals surface area contributed by atoms with Crippen molar-refractivity contribution < 1.29 is 14.7 Å². The average molecular weight is 325 g/mol. The molecular formula is C14H13ClN2O3S. The zero-order chi connectivity index (χ0) is 15.4. The maximum atomic E-state index is 11.7. The zero-order valence-electron chi connectivity index (χ0n) is 11.2. The number of amides is 1. The first-order chi connectivity index (χ1) is 9.97. The molecule has 1 amide bonds. The molecule has 0 spiro atoms. The minimum atomic E-state index is -1.07. The summed E-state index contributed by atoms with van der Waals surface area (Å²) in [5, 5.41) is 14.2. The summed E-state index contributed by atoms with van der Waals surface area (Å²) in [6.45, 7) is 1.41. The number of hydrogen-bond donors (Lipinski definition) is 2. The number of nitrogens with zero attached hydrogens (tertiary/aromatic N) is 1. The number of thiazole rings is 1. The second-order valence-electron chi connectivity index (χ2n) is 4.43. The van der Waals surface area contributed by atoms with Gasteiger partial charge in [-0.1, -0.05) is 29.8 Å². The molecule has 110 valence electrons. The molecule has 7 heteroatoms. The summed E-state index contributed by atoms with van der Waals surface area (Å²) in [4.78, 5) is 26.7. The number of aromatic nitrogens is 1. The van der Waals surface area contributed by atoms with Gasteiger partial charge in [-0.25, -0.2) is 4.98 Å². The van der Waals surface area contributed by atoms with Crippen molar-refractivity contribution in [1.29, 1.82) is 0 Å². The smallest absolute Gasteiger partial charge is 0.325 e. The minimum Gasteiger partial charge on any atom is -0.480 e. The highest BCUT2D eigenvalue weighted by molar-refractivity contribution is 7.13. The Labute approximate surface area is 130 Å². The van der Waals surface area contributed by atoms with Crippen LogP contribution in [0, 0.1) is 0 Å². The molecule has 1 atom stereocenters. The largest absolute Gasteiger partial charge is 0.480 e. The van der Waals surface area contributed by atoms with Gasteiger partial charge in [-0.3, -0.25) is 9.59 Å². The third-order valence-electron chi connectivity index (χ3n) is 2.75. The van der Waals surface area contributed by atoms with E-state index in [1.165, 1.54) is 18.3 Å². The molecule has 1 aromatic heterocycles. The fourth-order valence-corrected chi connectivity index (χ4v) is 2.81. The zero-order valence-corrected chi connectivity index (χ0v) is 12.7. The lowest BCUT2D eigenvalue weighted by atomic mass is 10.2. The predicted octanol–water partition coefficient (Wildman–Crippen LogP) is 2.60. The maximum absolute atomic E-state index is 11.7. The number of nitrogens with one attached hydrogen (secondary N) is 1. The van der Waals surface area contributed by atoms with Gasteiger partial charge in [0.25, 0.3) is 0 Å². The number of carboxylic acids is 1. The van der Waals surface area contributed by atoms with Crippen LogP contribution in [-0.2, 0) is 16.0 Å². The highest BCUT2D eigenvalue weighted by atomic mass is 35.5. The van der Waals surface area contributed by atoms with Gasteiger partial charge in [0.1, 0.15) is 11.0 Å². The van der Waals surface area contributed by atoms with Crippen molar-refractivity contribution in [1.82, 2.24) is 10.3 Å². The van der Waals surface area contributed by atoms with Gasteiger partial charge in [0.15, 0.2) is 0 Å². The summed E-state index contributed by atoms with van der Waals surface area (Å²) in [6.07, 6.45) is 0.0403. The second kappa shape index (κ2) is 6.69. The van der Waals surface area contributed by atoms with Crippen LogP contribution < -0.4 is 5.32 Å². The van der Waals surface area contributed by atoms with E-state index < -0.39 is 12.0 Å². The Kier molecular flexibility index (Phi) is 4.93. The van der Waals surface area contributed by atoms with Gasteiger partial charge in [0, 0.05) is 10.9 Å². The van der Waals surface area contributed by atoms with E-state index in [4.69, 9.17) is 16.7 Å². The minimum absolute atomic E-state index is 0.0403. The number of carbonyl (C=O) groups excluding carboxylic acids is 1. The molecule has 5 nitrogen and oxygen atoms in total. The lowest BCUT2D eigenvalue weighted by Crippen LogP contribution is -2.39. The molecule has 0 saturated heterocycles. The Morgan fingerprint density at radius 3 is 2.81 bits per heavy atom. The van der Waals surface area contributed by atoms with E-state index in [9.17, 15) is 9.59 Å². The molecule has 0 aliphatic rings. The normalized spacial score (nSPS) is 11.9. The highest BCUT2D eigenvalue weighted by Gasteiger charge is 2.16. The molecule has 2 N–H and O–H groups in total. The van der Waals surface area contributed by atoms with Gasteiger partial charge in [-0.2, -0.15) is 0 Å². The van der Waals surface area contributed by atoms with Gasteiger partial charge in [-0.15, -0.1) is 11.3 Å². The monoisotopic (exact) mass is 324 g/mol. The molecule has 1 aromatic carbocycles. The third-order valence-corrected chi connectivity index (χ3v) is 4.00. The van der Waals surface area contributed by atoms with Crippen LogP contribution in [-0.4, -0.2) is 28.0 Å². The first kappa shape index (κ1) is 15.5. The summed E-state index contributed by atoms with van der Waals surface area (Å²) in [5.41, 5.74) is 1.40. The Morgan fingerprint density at radius 1 is 1.43 bits per heavy atom. The number of carbonyl (C=O) groups is 2. The first-order valence-corrected chi connectivity index (χ1v) is 7.44. The third kappa shape index (κ3) is 4.03. The Balaban J connectivity index is 2.06. The molecule has 21 heavy (non-hydrogen) atoms. The van der Waals surface area contributed by atoms with E-state index in [1.54, 1.807) is 11.4 Å². The summed E-state index contributed by atoms with van der Waals surface area (Å²) in [7, 11) is 0. The summed E-state index contributed by atoms with van der Waals surface area (Å²) >= 11 is 7.49. The van der Waals surface area contributed by atoms with Gasteiger partial charge in [0.05, 0.1) is 17.1 Å². The van der Waals surface area contributed by atoms with Crippen LogP contribution in [0.3, 0.4) is 0 Å². The molecule has 1 heterocycles. The van der Waals surface area contributed by atoms with Crippen molar-refractivity contribution in [2.45, 2.75) is 19.4 Å². The maximum Gasteiger partial charge on any atom is 0.325 e. The lowest BCUT2D eigenvalue weighted by Gasteiger charge is -2.07. The van der Waals surface area contributed by atoms with Crippen LogP contribution in [0.2, 0.25) is 5.02 Å². The average Bonchev–Trinajstić information content (AvgIpc) is 2.87. The highest BCUT2D eigenvalue weighted by Crippen LogP contribution is 2.30. The second-order valence-corrected chi connectivity index (χ2v) is 5.69. The van der Waals surface area contributed by atoms with E-state index in [1.807, 2.05) is 18.2 Å².